The van der Waals surface area contributed by atoms with Crippen LogP contribution in [0.15, 0.2) is 11.4 Å². The molecule has 2 heterocycles. The summed E-state index contributed by atoms with van der Waals surface area (Å²) in [6, 6.07) is 1.18. The van der Waals surface area contributed by atoms with Gasteiger partial charge in [0.2, 0.25) is 0 Å². The first-order valence-electron chi connectivity index (χ1n) is 6.91. The normalized spacial score (nSPS) is 20.7. The van der Waals surface area contributed by atoms with Crippen molar-refractivity contribution in [2.24, 2.45) is 5.41 Å². The molecule has 2 amide bonds. The Morgan fingerprint density at radius 3 is 2.82 bits per heavy atom. The Morgan fingerprint density at radius 1 is 1.50 bits per heavy atom. The predicted molar refractivity (Wildman–Crippen MR) is 81.2 cm³/mol. The molecule has 120 valence electrons. The highest BCUT2D eigenvalue weighted by Crippen LogP contribution is 2.31. The Bertz CT molecular complexity index is 600. The van der Waals surface area contributed by atoms with Crippen molar-refractivity contribution in [2.45, 2.75) is 20.3 Å². The topological polar surface area (TPSA) is 95.9 Å². The highest BCUT2D eigenvalue weighted by Gasteiger charge is 2.42. The number of anilines is 1. The Labute approximate surface area is 131 Å². The lowest BCUT2D eigenvalue weighted by molar-refractivity contribution is -0.146. The molecule has 1 aromatic rings. The van der Waals surface area contributed by atoms with E-state index in [1.54, 1.807) is 25.3 Å². The van der Waals surface area contributed by atoms with Crippen molar-refractivity contribution in [1.29, 1.82) is 0 Å². The molecular formula is C14H18N2O5S. The maximum absolute atomic E-state index is 12.2. The molecule has 2 rings (SSSR count). The molecule has 22 heavy (non-hydrogen) atoms. The number of hydrogen-bond acceptors (Lipinski definition) is 5. The van der Waals surface area contributed by atoms with Gasteiger partial charge in [0.05, 0.1) is 17.6 Å². The summed E-state index contributed by atoms with van der Waals surface area (Å²) in [7, 11) is 0. The Hall–Kier alpha value is -2.09. The van der Waals surface area contributed by atoms with Crippen LogP contribution in [0.25, 0.3) is 0 Å². The Balaban J connectivity index is 2.04. The molecule has 1 fully saturated rings. The molecule has 1 aliphatic rings. The summed E-state index contributed by atoms with van der Waals surface area (Å²) in [5.74, 6) is -1.40. The van der Waals surface area contributed by atoms with Crippen molar-refractivity contribution in [3.8, 4) is 0 Å². The van der Waals surface area contributed by atoms with Crippen molar-refractivity contribution in [3.63, 3.8) is 0 Å². The number of thiophene rings is 1. The monoisotopic (exact) mass is 326 g/mol. The first-order valence-corrected chi connectivity index (χ1v) is 7.79. The summed E-state index contributed by atoms with van der Waals surface area (Å²) in [5.41, 5.74) is -0.614. The second kappa shape index (κ2) is 6.35. The largest absolute Gasteiger partial charge is 0.481 e. The number of ether oxygens (including phenoxy) is 1. The van der Waals surface area contributed by atoms with Crippen LogP contribution >= 0.6 is 11.3 Å². The summed E-state index contributed by atoms with van der Waals surface area (Å²) in [6.07, 6.45) is 0.408. The zero-order valence-electron chi connectivity index (χ0n) is 12.4. The van der Waals surface area contributed by atoms with Crippen LogP contribution in [0.3, 0.4) is 0 Å². The molecule has 0 spiro atoms. The van der Waals surface area contributed by atoms with Crippen LogP contribution in [0.1, 0.15) is 30.6 Å². The highest BCUT2D eigenvalue weighted by atomic mass is 32.1. The number of hydrogen-bond donors (Lipinski definition) is 2. The van der Waals surface area contributed by atoms with E-state index in [1.807, 2.05) is 0 Å². The standard InChI is InChI=1S/C14H18N2O5S/c1-3-21-11(17)9-4-7-22-10(9)15-13(20)16-6-5-14(2,8-16)12(18)19/h4,7H,3,5-6,8H2,1-2H3,(H,15,20)(H,18,19). The number of esters is 1. The predicted octanol–water partition coefficient (Wildman–Crippen LogP) is 2.25. The fourth-order valence-electron chi connectivity index (χ4n) is 2.26. The number of nitrogens with zero attached hydrogens (tertiary/aromatic N) is 1. The molecule has 0 aromatic carbocycles. The number of carboxylic acids is 1. The van der Waals surface area contributed by atoms with Crippen molar-refractivity contribution < 1.29 is 24.2 Å². The summed E-state index contributed by atoms with van der Waals surface area (Å²) < 4.78 is 4.92. The molecule has 7 nitrogen and oxygen atoms in total. The van der Waals surface area contributed by atoms with Gasteiger partial charge in [0, 0.05) is 13.1 Å². The second-order valence-corrected chi connectivity index (χ2v) is 6.27. The fraction of sp³-hybridized carbons (Fsp3) is 0.500. The summed E-state index contributed by atoms with van der Waals surface area (Å²) in [4.78, 5) is 36.6. The molecule has 2 N–H and O–H groups in total. The van der Waals surface area contributed by atoms with E-state index in [2.05, 4.69) is 5.32 Å². The van der Waals surface area contributed by atoms with Crippen LogP contribution in [-0.4, -0.2) is 47.7 Å². The van der Waals surface area contributed by atoms with Gasteiger partial charge in [-0.2, -0.15) is 0 Å². The van der Waals surface area contributed by atoms with Gasteiger partial charge in [-0.15, -0.1) is 11.3 Å². The molecule has 1 saturated heterocycles. The van der Waals surface area contributed by atoms with E-state index in [0.29, 0.717) is 23.5 Å². The van der Waals surface area contributed by atoms with Gasteiger partial charge >= 0.3 is 18.0 Å². The van der Waals surface area contributed by atoms with Crippen LogP contribution in [-0.2, 0) is 9.53 Å². The molecule has 0 radical (unpaired) electrons. The molecule has 1 unspecified atom stereocenters. The summed E-state index contributed by atoms with van der Waals surface area (Å²) >= 11 is 1.22. The number of carbonyl (C=O) groups is 3. The van der Waals surface area contributed by atoms with E-state index in [1.165, 1.54) is 16.2 Å². The minimum absolute atomic E-state index is 0.147. The molecule has 1 aliphatic heterocycles. The van der Waals surface area contributed by atoms with E-state index in [9.17, 15) is 19.5 Å². The number of aliphatic carboxylic acids is 1. The van der Waals surface area contributed by atoms with Crippen LogP contribution < -0.4 is 5.32 Å². The number of carbonyl (C=O) groups excluding carboxylic acids is 2. The van der Waals surface area contributed by atoms with Gasteiger partial charge in [0.25, 0.3) is 0 Å². The maximum atomic E-state index is 12.2. The zero-order valence-corrected chi connectivity index (χ0v) is 13.2. The molecule has 0 aliphatic carbocycles. The quantitative estimate of drug-likeness (QED) is 0.827. The van der Waals surface area contributed by atoms with Gasteiger partial charge in [-0.25, -0.2) is 9.59 Å². The summed E-state index contributed by atoms with van der Waals surface area (Å²) in [6.45, 7) is 4.10. The smallest absolute Gasteiger partial charge is 0.341 e. The Morgan fingerprint density at radius 2 is 2.23 bits per heavy atom. The molecular weight excluding hydrogens is 308 g/mol. The highest BCUT2D eigenvalue weighted by molar-refractivity contribution is 7.14. The number of carboxylic acid groups (broad SMARTS) is 1. The summed E-state index contributed by atoms with van der Waals surface area (Å²) in [5, 5.41) is 13.9. The lowest BCUT2D eigenvalue weighted by atomic mass is 9.90. The van der Waals surface area contributed by atoms with Crippen molar-refractivity contribution in [3.05, 3.63) is 17.0 Å². The fourth-order valence-corrected chi connectivity index (χ4v) is 3.03. The van der Waals surface area contributed by atoms with E-state index in [4.69, 9.17) is 4.74 Å². The number of rotatable bonds is 4. The van der Waals surface area contributed by atoms with Gasteiger partial charge in [-0.3, -0.25) is 10.1 Å². The molecule has 0 saturated carbocycles. The third-order valence-electron chi connectivity index (χ3n) is 3.66. The molecule has 0 bridgehead atoms. The Kier molecular flexibility index (Phi) is 4.70. The maximum Gasteiger partial charge on any atom is 0.341 e. The van der Waals surface area contributed by atoms with Gasteiger partial charge < -0.3 is 14.7 Å². The molecule has 1 aromatic heterocycles. The SMILES string of the molecule is CCOC(=O)c1ccsc1NC(=O)N1CCC(C)(C(=O)O)C1. The zero-order chi connectivity index (χ0) is 16.3. The number of likely N-dealkylation sites (tertiary alicyclic amines) is 1. The van der Waals surface area contributed by atoms with Crippen LogP contribution in [0.2, 0.25) is 0 Å². The third-order valence-corrected chi connectivity index (χ3v) is 4.49. The lowest BCUT2D eigenvalue weighted by Crippen LogP contribution is -2.37. The van der Waals surface area contributed by atoms with Crippen LogP contribution in [0, 0.1) is 5.41 Å². The first kappa shape index (κ1) is 16.3. The van der Waals surface area contributed by atoms with Gasteiger partial charge in [-0.05, 0) is 31.7 Å². The van der Waals surface area contributed by atoms with Crippen molar-refractivity contribution >= 4 is 34.3 Å². The van der Waals surface area contributed by atoms with Gasteiger partial charge in [-0.1, -0.05) is 0 Å². The van der Waals surface area contributed by atoms with Crippen LogP contribution in [0.4, 0.5) is 9.80 Å². The number of amides is 2. The second-order valence-electron chi connectivity index (χ2n) is 5.35. The first-order chi connectivity index (χ1) is 10.4. The minimum atomic E-state index is -0.920. The third kappa shape index (κ3) is 3.22. The van der Waals surface area contributed by atoms with Gasteiger partial charge in [0.15, 0.2) is 0 Å². The number of urea groups is 1. The minimum Gasteiger partial charge on any atom is -0.481 e. The van der Waals surface area contributed by atoms with Crippen molar-refractivity contribution in [2.75, 3.05) is 25.0 Å². The van der Waals surface area contributed by atoms with Crippen molar-refractivity contribution in [1.82, 2.24) is 4.90 Å². The molecule has 8 heteroatoms. The molecule has 1 atom stereocenters. The lowest BCUT2D eigenvalue weighted by Gasteiger charge is -2.20. The average molecular weight is 326 g/mol. The van der Waals surface area contributed by atoms with E-state index in [0.717, 1.165) is 0 Å². The average Bonchev–Trinajstić information content (AvgIpc) is 3.06. The number of nitrogens with one attached hydrogen (secondary N) is 1. The van der Waals surface area contributed by atoms with E-state index < -0.39 is 23.4 Å². The van der Waals surface area contributed by atoms with Crippen LogP contribution in [0.5, 0.6) is 0 Å². The van der Waals surface area contributed by atoms with E-state index in [-0.39, 0.29) is 13.2 Å². The van der Waals surface area contributed by atoms with E-state index >= 15 is 0 Å². The van der Waals surface area contributed by atoms with Gasteiger partial charge in [0.1, 0.15) is 5.00 Å².